The number of aromatic hydroxyl groups is 2. The monoisotopic (exact) mass is 207 g/mol. The van der Waals surface area contributed by atoms with Crippen LogP contribution in [0.1, 0.15) is 0 Å². The summed E-state index contributed by atoms with van der Waals surface area (Å²) in [7, 11) is 0. The third kappa shape index (κ3) is 1.80. The van der Waals surface area contributed by atoms with Crippen molar-refractivity contribution in [3.05, 3.63) is 36.4 Å². The molecule has 0 fully saturated rings. The lowest BCUT2D eigenvalue weighted by Crippen LogP contribution is -1.69. The Morgan fingerprint density at radius 1 is 1.07 bits per heavy atom. The van der Waals surface area contributed by atoms with E-state index >= 15 is 0 Å². The number of fused-ring (bicyclic) bond motifs is 1. The van der Waals surface area contributed by atoms with Crippen molar-refractivity contribution in [1.82, 2.24) is 4.37 Å². The van der Waals surface area contributed by atoms with Gasteiger partial charge in [-0.3, -0.25) is 4.37 Å². The molecule has 0 aliphatic rings. The highest BCUT2D eigenvalue weighted by Crippen LogP contribution is 2.21. The fourth-order valence-corrected chi connectivity index (χ4v) is 1.84. The Kier molecular flexibility index (Phi) is 2.28. The second-order valence-corrected chi connectivity index (χ2v) is 3.69. The van der Waals surface area contributed by atoms with Crippen molar-refractivity contribution in [3.63, 3.8) is 0 Å². The fraction of sp³-hybridized carbons (Fsp3) is 0. The van der Waals surface area contributed by atoms with E-state index in [-0.39, 0.29) is 11.6 Å². The zero-order chi connectivity index (χ0) is 9.97. The van der Waals surface area contributed by atoms with Gasteiger partial charge in [0.25, 0.3) is 0 Å². The lowest BCUT2D eigenvalue weighted by atomic mass is 10.2. The number of hydrogen-bond acceptors (Lipinski definition) is 3. The summed E-state index contributed by atoms with van der Waals surface area (Å²) in [6.07, 6.45) is 0. The third-order valence-corrected chi connectivity index (χ3v) is 2.68. The Morgan fingerprint density at radius 3 is 2.71 bits per heavy atom. The number of benzene rings is 1. The van der Waals surface area contributed by atoms with Crippen LogP contribution in [-0.4, -0.2) is 14.6 Å². The van der Waals surface area contributed by atoms with Gasteiger partial charge in [0.15, 0.2) is 0 Å². The van der Waals surface area contributed by atoms with Gasteiger partial charge >= 0.3 is 0 Å². The van der Waals surface area contributed by atoms with Crippen molar-refractivity contribution in [3.8, 4) is 11.6 Å². The molecule has 0 unspecified atom stereocenters. The van der Waals surface area contributed by atoms with Gasteiger partial charge in [-0.25, -0.2) is 0 Å². The molecule has 0 bridgehead atoms. The molecule has 0 amide bonds. The van der Waals surface area contributed by atoms with Crippen LogP contribution in [0.25, 0.3) is 10.1 Å². The number of hydrogen-bond donors (Lipinski definition) is 3. The lowest BCUT2D eigenvalue weighted by Gasteiger charge is -1.95. The smallest absolute Gasteiger partial charge is 0.201 e. The minimum absolute atomic E-state index is 0.0303. The first kappa shape index (κ1) is 8.90. The van der Waals surface area contributed by atoms with E-state index in [0.29, 0.717) is 0 Å². The van der Waals surface area contributed by atoms with E-state index < -0.39 is 0 Å². The number of nitrogens with one attached hydrogen (secondary N) is 1. The molecule has 3 N–H and O–H groups in total. The van der Waals surface area contributed by atoms with Gasteiger partial charge in [-0.05, 0) is 17.5 Å². The average Bonchev–Trinajstić information content (AvgIpc) is 2.14. The average molecular weight is 207 g/mol. The summed E-state index contributed by atoms with van der Waals surface area (Å²) in [6.45, 7) is 0. The number of H-pyrrole nitrogens is 1. The van der Waals surface area contributed by atoms with E-state index in [1.807, 2.05) is 24.3 Å². The molecule has 72 valence electrons. The van der Waals surface area contributed by atoms with Crippen molar-refractivity contribution >= 4 is 21.6 Å². The SMILES string of the molecule is Oc1cc(O)[nH]sc2ccccc2c1. The van der Waals surface area contributed by atoms with Crippen LogP contribution < -0.4 is 0 Å². The van der Waals surface area contributed by atoms with E-state index in [0.717, 1.165) is 10.1 Å². The van der Waals surface area contributed by atoms with Gasteiger partial charge in [-0.15, -0.1) is 0 Å². The molecule has 0 saturated heterocycles. The molecule has 4 heteroatoms. The summed E-state index contributed by atoms with van der Waals surface area (Å²) in [5, 5.41) is 19.6. The normalized spacial score (nSPS) is 10.0. The number of aromatic amines is 1. The van der Waals surface area contributed by atoms with Crippen molar-refractivity contribution in [2.45, 2.75) is 0 Å². The van der Waals surface area contributed by atoms with Gasteiger partial charge in [0, 0.05) is 6.07 Å². The highest BCUT2D eigenvalue weighted by atomic mass is 32.1. The predicted octanol–water partition coefficient (Wildman–Crippen LogP) is 2.77. The van der Waals surface area contributed by atoms with Gasteiger partial charge in [0.05, 0.1) is 4.70 Å². The van der Waals surface area contributed by atoms with Gasteiger partial charge < -0.3 is 10.2 Å². The lowest BCUT2D eigenvalue weighted by molar-refractivity contribution is 0.442. The zero-order valence-electron chi connectivity index (χ0n) is 7.27. The Labute approximate surface area is 84.7 Å². The Balaban J connectivity index is 2.85. The molecular weight excluding hydrogens is 198 g/mol. The maximum atomic E-state index is 9.41. The van der Waals surface area contributed by atoms with Crippen LogP contribution in [0.4, 0.5) is 0 Å². The molecule has 0 aliphatic heterocycles. The van der Waals surface area contributed by atoms with Gasteiger partial charge in [-0.1, -0.05) is 29.7 Å². The molecule has 2 rings (SSSR count). The molecule has 1 heterocycles. The van der Waals surface area contributed by atoms with E-state index in [1.165, 1.54) is 17.6 Å². The Hall–Kier alpha value is -1.68. The first-order valence-electron chi connectivity index (χ1n) is 4.09. The first-order valence-corrected chi connectivity index (χ1v) is 4.90. The second kappa shape index (κ2) is 3.59. The molecule has 2 aromatic rings. The Bertz CT molecular complexity index is 500. The molecule has 1 aromatic carbocycles. The van der Waals surface area contributed by atoms with Crippen molar-refractivity contribution in [2.24, 2.45) is 0 Å². The molecule has 1 aromatic heterocycles. The maximum Gasteiger partial charge on any atom is 0.201 e. The molecule has 0 spiro atoms. The van der Waals surface area contributed by atoms with Crippen LogP contribution in [0, 0.1) is 0 Å². The number of rotatable bonds is 0. The van der Waals surface area contributed by atoms with Crippen LogP contribution in [0.5, 0.6) is 11.6 Å². The predicted molar refractivity (Wildman–Crippen MR) is 57.1 cm³/mol. The van der Waals surface area contributed by atoms with Gasteiger partial charge in [0.1, 0.15) is 5.75 Å². The summed E-state index contributed by atoms with van der Waals surface area (Å²) < 4.78 is 3.66. The highest BCUT2D eigenvalue weighted by molar-refractivity contribution is 7.12. The molecule has 0 atom stereocenters. The largest absolute Gasteiger partial charge is 0.508 e. The zero-order valence-corrected chi connectivity index (χ0v) is 8.08. The van der Waals surface area contributed by atoms with E-state index in [1.54, 1.807) is 6.07 Å². The summed E-state index contributed by atoms with van der Waals surface area (Å²) in [5.74, 6) is -0.0268. The second-order valence-electron chi connectivity index (χ2n) is 2.84. The standard InChI is InChI=1S/C10H9NO2S/c12-8-5-7-3-1-2-4-9(7)14-11-10(13)6-8/h1-6,11-13H. The van der Waals surface area contributed by atoms with Crippen molar-refractivity contribution in [2.75, 3.05) is 0 Å². The molecule has 0 aliphatic carbocycles. The highest BCUT2D eigenvalue weighted by Gasteiger charge is 1.93. The quantitative estimate of drug-likeness (QED) is 0.622. The minimum Gasteiger partial charge on any atom is -0.508 e. The minimum atomic E-state index is -0.0572. The van der Waals surface area contributed by atoms with Gasteiger partial charge in [-0.2, -0.15) is 0 Å². The van der Waals surface area contributed by atoms with Crippen molar-refractivity contribution in [1.29, 1.82) is 0 Å². The Morgan fingerprint density at radius 2 is 1.86 bits per heavy atom. The molecular formula is C10H9NO2S. The van der Waals surface area contributed by atoms with Crippen LogP contribution in [0.15, 0.2) is 36.4 Å². The van der Waals surface area contributed by atoms with Crippen LogP contribution >= 0.6 is 11.5 Å². The van der Waals surface area contributed by atoms with Crippen LogP contribution in [0.2, 0.25) is 0 Å². The van der Waals surface area contributed by atoms with E-state index in [9.17, 15) is 10.2 Å². The molecule has 14 heavy (non-hydrogen) atoms. The molecule has 3 nitrogen and oxygen atoms in total. The van der Waals surface area contributed by atoms with Crippen LogP contribution in [0.3, 0.4) is 0 Å². The van der Waals surface area contributed by atoms with E-state index in [2.05, 4.69) is 4.37 Å². The van der Waals surface area contributed by atoms with E-state index in [4.69, 9.17) is 0 Å². The summed E-state index contributed by atoms with van der Waals surface area (Å²) in [5.41, 5.74) is 0. The fourth-order valence-electron chi connectivity index (χ4n) is 1.17. The maximum absolute atomic E-state index is 9.41. The van der Waals surface area contributed by atoms with Crippen molar-refractivity contribution < 1.29 is 10.2 Å². The summed E-state index contributed by atoms with van der Waals surface area (Å²) >= 11 is 1.31. The first-order chi connectivity index (χ1) is 6.75. The van der Waals surface area contributed by atoms with Crippen LogP contribution in [-0.2, 0) is 0 Å². The van der Waals surface area contributed by atoms with Gasteiger partial charge in [0.2, 0.25) is 5.88 Å². The third-order valence-electron chi connectivity index (χ3n) is 1.77. The topological polar surface area (TPSA) is 56.2 Å². The summed E-state index contributed by atoms with van der Waals surface area (Å²) in [4.78, 5) is 0. The molecule has 0 saturated carbocycles. The number of aromatic nitrogens is 1. The summed E-state index contributed by atoms with van der Waals surface area (Å²) in [6, 6.07) is 10.5. The molecule has 0 radical (unpaired) electrons.